The Hall–Kier alpha value is -2.21. The third kappa shape index (κ3) is 3.18. The SMILES string of the molecule is C[C@@H](C(=O)N1CCc2nc(-c3cccc(F)c3)[nH]c2C1)N1CCCC1. The average molecular weight is 342 g/mol. The molecule has 0 spiro atoms. The van der Waals surface area contributed by atoms with Crippen LogP contribution in [0.1, 0.15) is 31.2 Å². The van der Waals surface area contributed by atoms with E-state index in [9.17, 15) is 9.18 Å². The molecule has 1 atom stereocenters. The van der Waals surface area contributed by atoms with Crippen LogP contribution < -0.4 is 0 Å². The first-order valence-corrected chi connectivity index (χ1v) is 8.98. The van der Waals surface area contributed by atoms with Gasteiger partial charge in [-0.1, -0.05) is 12.1 Å². The molecule has 1 amide bonds. The van der Waals surface area contributed by atoms with Crippen LogP contribution in [0.25, 0.3) is 11.4 Å². The lowest BCUT2D eigenvalue weighted by atomic mass is 10.1. The van der Waals surface area contributed by atoms with Crippen molar-refractivity contribution in [1.29, 1.82) is 0 Å². The Bertz CT molecular complexity index is 781. The molecule has 0 aliphatic carbocycles. The van der Waals surface area contributed by atoms with Crippen molar-refractivity contribution in [1.82, 2.24) is 19.8 Å². The average Bonchev–Trinajstić information content (AvgIpc) is 3.29. The molecular formula is C19H23FN4O. The highest BCUT2D eigenvalue weighted by molar-refractivity contribution is 5.81. The van der Waals surface area contributed by atoms with E-state index in [0.29, 0.717) is 18.9 Å². The van der Waals surface area contributed by atoms with Gasteiger partial charge in [0.15, 0.2) is 0 Å². The van der Waals surface area contributed by atoms with Crippen molar-refractivity contribution in [2.45, 2.75) is 38.8 Å². The Morgan fingerprint density at radius 2 is 2.08 bits per heavy atom. The molecule has 1 fully saturated rings. The zero-order chi connectivity index (χ0) is 17.4. The van der Waals surface area contributed by atoms with Crippen LogP contribution in [0.3, 0.4) is 0 Å². The number of amides is 1. The zero-order valence-corrected chi connectivity index (χ0v) is 14.5. The number of aromatic nitrogens is 2. The van der Waals surface area contributed by atoms with E-state index in [1.165, 1.54) is 25.0 Å². The molecule has 0 unspecified atom stereocenters. The molecule has 5 nitrogen and oxygen atoms in total. The Labute approximate surface area is 146 Å². The van der Waals surface area contributed by atoms with E-state index >= 15 is 0 Å². The van der Waals surface area contributed by atoms with Gasteiger partial charge in [0.05, 0.1) is 24.0 Å². The lowest BCUT2D eigenvalue weighted by molar-refractivity contribution is -0.137. The molecule has 0 saturated carbocycles. The van der Waals surface area contributed by atoms with Gasteiger partial charge in [-0.3, -0.25) is 9.69 Å². The summed E-state index contributed by atoms with van der Waals surface area (Å²) >= 11 is 0. The first kappa shape index (κ1) is 16.3. The normalized spacial score (nSPS) is 19.0. The monoisotopic (exact) mass is 342 g/mol. The topological polar surface area (TPSA) is 52.2 Å². The summed E-state index contributed by atoms with van der Waals surface area (Å²) in [6, 6.07) is 6.36. The van der Waals surface area contributed by atoms with Crippen LogP contribution >= 0.6 is 0 Å². The van der Waals surface area contributed by atoms with Crippen molar-refractivity contribution in [2.75, 3.05) is 19.6 Å². The van der Waals surface area contributed by atoms with Crippen LogP contribution in [0.5, 0.6) is 0 Å². The van der Waals surface area contributed by atoms with Crippen LogP contribution in [0.2, 0.25) is 0 Å². The zero-order valence-electron chi connectivity index (χ0n) is 14.5. The Morgan fingerprint density at radius 3 is 2.84 bits per heavy atom. The number of carbonyl (C=O) groups excluding carboxylic acids is 1. The van der Waals surface area contributed by atoms with Gasteiger partial charge in [0, 0.05) is 18.5 Å². The number of hydrogen-bond acceptors (Lipinski definition) is 3. The number of fused-ring (bicyclic) bond motifs is 1. The highest BCUT2D eigenvalue weighted by Crippen LogP contribution is 2.24. The summed E-state index contributed by atoms with van der Waals surface area (Å²) in [7, 11) is 0. The smallest absolute Gasteiger partial charge is 0.240 e. The number of hydrogen-bond donors (Lipinski definition) is 1. The minimum atomic E-state index is -0.275. The number of H-pyrrole nitrogens is 1. The standard InChI is InChI=1S/C19H23FN4O/c1-13(23-8-2-3-9-23)19(25)24-10-7-16-17(12-24)22-18(21-16)14-5-4-6-15(20)11-14/h4-6,11,13H,2-3,7-10,12H2,1H3,(H,21,22)/t13-/m0/s1. The molecule has 1 aromatic carbocycles. The van der Waals surface area contributed by atoms with Crippen LogP contribution in [0.15, 0.2) is 24.3 Å². The van der Waals surface area contributed by atoms with E-state index in [2.05, 4.69) is 14.9 Å². The fourth-order valence-corrected chi connectivity index (χ4v) is 3.80. The van der Waals surface area contributed by atoms with Crippen molar-refractivity contribution in [3.05, 3.63) is 41.5 Å². The van der Waals surface area contributed by atoms with E-state index in [0.717, 1.165) is 36.5 Å². The highest BCUT2D eigenvalue weighted by atomic mass is 19.1. The van der Waals surface area contributed by atoms with Crippen molar-refractivity contribution < 1.29 is 9.18 Å². The maximum atomic E-state index is 13.4. The highest BCUT2D eigenvalue weighted by Gasteiger charge is 2.30. The molecule has 1 saturated heterocycles. The number of nitrogens with one attached hydrogen (secondary N) is 1. The van der Waals surface area contributed by atoms with E-state index in [1.54, 1.807) is 6.07 Å². The first-order chi connectivity index (χ1) is 12.1. The second-order valence-corrected chi connectivity index (χ2v) is 6.95. The second kappa shape index (κ2) is 6.59. The summed E-state index contributed by atoms with van der Waals surface area (Å²) in [4.78, 5) is 24.9. The summed E-state index contributed by atoms with van der Waals surface area (Å²) in [6.45, 7) is 5.28. The molecule has 1 aromatic heterocycles. The van der Waals surface area contributed by atoms with Crippen LogP contribution in [0, 0.1) is 5.82 Å². The quantitative estimate of drug-likeness (QED) is 0.933. The van der Waals surface area contributed by atoms with Gasteiger partial charge in [-0.25, -0.2) is 9.37 Å². The van der Waals surface area contributed by atoms with Crippen LogP contribution in [-0.2, 0) is 17.8 Å². The van der Waals surface area contributed by atoms with Gasteiger partial charge in [-0.15, -0.1) is 0 Å². The number of benzene rings is 1. The van der Waals surface area contributed by atoms with Gasteiger partial charge in [-0.2, -0.15) is 0 Å². The number of aromatic amines is 1. The number of likely N-dealkylation sites (tertiary alicyclic amines) is 1. The van der Waals surface area contributed by atoms with Gasteiger partial charge in [0.1, 0.15) is 11.6 Å². The molecular weight excluding hydrogens is 319 g/mol. The molecule has 132 valence electrons. The number of imidazole rings is 1. The Kier molecular flexibility index (Phi) is 4.29. The summed E-state index contributed by atoms with van der Waals surface area (Å²) < 4.78 is 13.4. The van der Waals surface area contributed by atoms with E-state index in [1.807, 2.05) is 17.9 Å². The maximum Gasteiger partial charge on any atom is 0.240 e. The van der Waals surface area contributed by atoms with Crippen molar-refractivity contribution in [2.24, 2.45) is 0 Å². The fourth-order valence-electron chi connectivity index (χ4n) is 3.80. The Balaban J connectivity index is 1.50. The summed E-state index contributed by atoms with van der Waals surface area (Å²) in [5.74, 6) is 0.587. The lowest BCUT2D eigenvalue weighted by Gasteiger charge is -2.32. The van der Waals surface area contributed by atoms with Crippen molar-refractivity contribution in [3.8, 4) is 11.4 Å². The third-order valence-electron chi connectivity index (χ3n) is 5.29. The molecule has 0 radical (unpaired) electrons. The fraction of sp³-hybridized carbons (Fsp3) is 0.474. The number of rotatable bonds is 3. The van der Waals surface area contributed by atoms with Crippen molar-refractivity contribution >= 4 is 5.91 Å². The predicted octanol–water partition coefficient (Wildman–Crippen LogP) is 2.58. The predicted molar refractivity (Wildman–Crippen MR) is 93.4 cm³/mol. The molecule has 3 heterocycles. The van der Waals surface area contributed by atoms with Crippen molar-refractivity contribution in [3.63, 3.8) is 0 Å². The summed E-state index contributed by atoms with van der Waals surface area (Å²) in [5, 5.41) is 0. The minimum absolute atomic E-state index is 0.0605. The van der Waals surface area contributed by atoms with E-state index < -0.39 is 0 Å². The molecule has 2 aliphatic heterocycles. The molecule has 25 heavy (non-hydrogen) atoms. The molecule has 1 N–H and O–H groups in total. The van der Waals surface area contributed by atoms with Crippen LogP contribution in [-0.4, -0.2) is 51.4 Å². The maximum absolute atomic E-state index is 13.4. The molecule has 2 aromatic rings. The number of carbonyl (C=O) groups is 1. The molecule has 4 rings (SSSR count). The van der Waals surface area contributed by atoms with Crippen LogP contribution in [0.4, 0.5) is 4.39 Å². The third-order valence-corrected chi connectivity index (χ3v) is 5.29. The van der Waals surface area contributed by atoms with Gasteiger partial charge in [0.25, 0.3) is 0 Å². The molecule has 0 bridgehead atoms. The summed E-state index contributed by atoms with van der Waals surface area (Å²) in [6.07, 6.45) is 3.10. The van der Waals surface area contributed by atoms with E-state index in [-0.39, 0.29) is 17.8 Å². The molecule has 2 aliphatic rings. The minimum Gasteiger partial charge on any atom is -0.340 e. The largest absolute Gasteiger partial charge is 0.340 e. The van der Waals surface area contributed by atoms with Gasteiger partial charge >= 0.3 is 0 Å². The van der Waals surface area contributed by atoms with Gasteiger partial charge in [-0.05, 0) is 45.0 Å². The first-order valence-electron chi connectivity index (χ1n) is 8.98. The van der Waals surface area contributed by atoms with Gasteiger partial charge < -0.3 is 9.88 Å². The number of halogens is 1. The summed E-state index contributed by atoms with van der Waals surface area (Å²) in [5.41, 5.74) is 2.68. The van der Waals surface area contributed by atoms with Gasteiger partial charge in [0.2, 0.25) is 5.91 Å². The number of nitrogens with zero attached hydrogens (tertiary/aromatic N) is 3. The molecule has 6 heteroatoms. The lowest BCUT2D eigenvalue weighted by Crippen LogP contribution is -2.47. The second-order valence-electron chi connectivity index (χ2n) is 6.95. The van der Waals surface area contributed by atoms with E-state index in [4.69, 9.17) is 0 Å². The Morgan fingerprint density at radius 1 is 1.28 bits per heavy atom.